The Kier molecular flexibility index (Phi) is 4.60. The topological polar surface area (TPSA) is 63.7 Å². The molecule has 0 spiro atoms. The van der Waals surface area contributed by atoms with Crippen LogP contribution in [0.1, 0.15) is 19.8 Å². The van der Waals surface area contributed by atoms with Crippen LogP contribution >= 0.6 is 0 Å². The first kappa shape index (κ1) is 15.2. The van der Waals surface area contributed by atoms with Gasteiger partial charge in [0.1, 0.15) is 0 Å². The predicted molar refractivity (Wildman–Crippen MR) is 55.9 cm³/mol. The highest BCUT2D eigenvalue weighted by Gasteiger charge is 2.50. The van der Waals surface area contributed by atoms with E-state index in [4.69, 9.17) is 4.74 Å². The number of ether oxygens (including phenoxy) is 1. The summed E-state index contributed by atoms with van der Waals surface area (Å²) in [5.74, 6) is -1.01. The minimum atomic E-state index is -5.29. The van der Waals surface area contributed by atoms with Crippen molar-refractivity contribution in [3.05, 3.63) is 0 Å². The molecule has 0 aromatic carbocycles. The summed E-state index contributed by atoms with van der Waals surface area (Å²) < 4.78 is 64.1. The molecule has 0 unspecified atom stereocenters. The number of hydrogen-bond donors (Lipinski definition) is 0. The first-order chi connectivity index (χ1) is 8.20. The maximum Gasteiger partial charge on any atom is 0.511 e. The molecule has 1 saturated heterocycles. The molecule has 0 aromatic rings. The molecule has 0 amide bonds. The third-order valence-corrected chi connectivity index (χ3v) is 4.34. The van der Waals surface area contributed by atoms with Crippen LogP contribution < -0.4 is 0 Å². The van der Waals surface area contributed by atoms with Crippen LogP contribution in [0, 0.1) is 5.92 Å². The largest absolute Gasteiger partial charge is 0.511 e. The van der Waals surface area contributed by atoms with E-state index in [0.717, 1.165) is 0 Å². The van der Waals surface area contributed by atoms with Crippen molar-refractivity contribution in [3.63, 3.8) is 0 Å². The van der Waals surface area contributed by atoms with Crippen molar-refractivity contribution in [1.82, 2.24) is 4.31 Å². The maximum atomic E-state index is 12.3. The molecular formula is C9H14F3NO4S. The fourth-order valence-electron chi connectivity index (χ4n) is 1.74. The Labute approximate surface area is 103 Å². The standard InChI is InChI=1S/C9H14F3NO4S/c1-2-17-8(14)7-3-5-13(6-4-7)18(15,16)9(10,11)12/h7H,2-6H2,1H3. The predicted octanol–water partition coefficient (Wildman–Crippen LogP) is 1.11. The van der Waals surface area contributed by atoms with Gasteiger partial charge in [-0.2, -0.15) is 17.5 Å². The number of rotatable bonds is 3. The summed E-state index contributed by atoms with van der Waals surface area (Å²) in [6, 6.07) is 0. The molecule has 1 heterocycles. The molecular weight excluding hydrogens is 275 g/mol. The summed E-state index contributed by atoms with van der Waals surface area (Å²) in [4.78, 5) is 11.3. The van der Waals surface area contributed by atoms with Crippen LogP contribution in [0.5, 0.6) is 0 Å². The van der Waals surface area contributed by atoms with Gasteiger partial charge < -0.3 is 4.74 Å². The van der Waals surface area contributed by atoms with Gasteiger partial charge >= 0.3 is 21.5 Å². The lowest BCUT2D eigenvalue weighted by molar-refractivity contribution is -0.149. The zero-order chi connectivity index (χ0) is 14.0. The zero-order valence-electron chi connectivity index (χ0n) is 9.74. The van der Waals surface area contributed by atoms with E-state index in [1.54, 1.807) is 6.92 Å². The lowest BCUT2D eigenvalue weighted by atomic mass is 9.98. The summed E-state index contributed by atoms with van der Waals surface area (Å²) in [6.07, 6.45) is 0.0995. The van der Waals surface area contributed by atoms with Gasteiger partial charge in [-0.25, -0.2) is 8.42 Å². The van der Waals surface area contributed by atoms with Crippen LogP contribution in [0.25, 0.3) is 0 Å². The quantitative estimate of drug-likeness (QED) is 0.730. The highest BCUT2D eigenvalue weighted by molar-refractivity contribution is 7.90. The average molecular weight is 289 g/mol. The summed E-state index contributed by atoms with van der Waals surface area (Å²) in [6.45, 7) is 1.19. The SMILES string of the molecule is CCOC(=O)C1CCN(S(=O)(=O)C(F)(F)F)CC1. The number of esters is 1. The number of piperidine rings is 1. The molecule has 5 nitrogen and oxygen atoms in total. The van der Waals surface area contributed by atoms with Crippen molar-refractivity contribution < 1.29 is 31.1 Å². The van der Waals surface area contributed by atoms with Gasteiger partial charge in [0, 0.05) is 13.1 Å². The number of nitrogens with zero attached hydrogens (tertiary/aromatic N) is 1. The van der Waals surface area contributed by atoms with Crippen molar-refractivity contribution in [2.24, 2.45) is 5.92 Å². The van der Waals surface area contributed by atoms with E-state index in [1.165, 1.54) is 0 Å². The monoisotopic (exact) mass is 289 g/mol. The highest BCUT2D eigenvalue weighted by atomic mass is 32.2. The van der Waals surface area contributed by atoms with Crippen LogP contribution in [0.2, 0.25) is 0 Å². The van der Waals surface area contributed by atoms with Gasteiger partial charge in [0.05, 0.1) is 12.5 Å². The second-order valence-electron chi connectivity index (χ2n) is 3.88. The average Bonchev–Trinajstić information content (AvgIpc) is 2.28. The molecule has 106 valence electrons. The summed E-state index contributed by atoms with van der Waals surface area (Å²) >= 11 is 0. The molecule has 1 aliphatic heterocycles. The van der Waals surface area contributed by atoms with Crippen molar-refractivity contribution >= 4 is 16.0 Å². The van der Waals surface area contributed by atoms with Crippen molar-refractivity contribution in [2.75, 3.05) is 19.7 Å². The molecule has 18 heavy (non-hydrogen) atoms. The molecule has 0 aliphatic carbocycles. The first-order valence-electron chi connectivity index (χ1n) is 5.43. The van der Waals surface area contributed by atoms with Gasteiger partial charge in [0.15, 0.2) is 0 Å². The van der Waals surface area contributed by atoms with Crippen LogP contribution in [0.3, 0.4) is 0 Å². The van der Waals surface area contributed by atoms with Gasteiger partial charge in [0.2, 0.25) is 0 Å². The summed E-state index contributed by atoms with van der Waals surface area (Å²) in [5, 5.41) is 0. The van der Waals surface area contributed by atoms with E-state index < -0.39 is 27.4 Å². The number of sulfonamides is 1. The van der Waals surface area contributed by atoms with Crippen LogP contribution in [-0.4, -0.2) is 43.9 Å². The lowest BCUT2D eigenvalue weighted by Crippen LogP contribution is -2.46. The molecule has 0 atom stereocenters. The number of hydrogen-bond acceptors (Lipinski definition) is 4. The highest BCUT2D eigenvalue weighted by Crippen LogP contribution is 2.30. The van der Waals surface area contributed by atoms with Crippen LogP contribution in [-0.2, 0) is 19.6 Å². The number of carbonyl (C=O) groups is 1. The normalized spacial score (nSPS) is 19.8. The Hall–Kier alpha value is -0.830. The molecule has 1 fully saturated rings. The Morgan fingerprint density at radius 3 is 2.22 bits per heavy atom. The van der Waals surface area contributed by atoms with E-state index >= 15 is 0 Å². The van der Waals surface area contributed by atoms with E-state index in [9.17, 15) is 26.4 Å². The van der Waals surface area contributed by atoms with Crippen molar-refractivity contribution in [1.29, 1.82) is 0 Å². The van der Waals surface area contributed by atoms with Crippen LogP contribution in [0.15, 0.2) is 0 Å². The molecule has 0 saturated carbocycles. The zero-order valence-corrected chi connectivity index (χ0v) is 10.6. The molecule has 0 bridgehead atoms. The summed E-state index contributed by atoms with van der Waals surface area (Å²) in [7, 11) is -5.28. The third-order valence-electron chi connectivity index (χ3n) is 2.71. The number of alkyl halides is 3. The molecule has 0 aromatic heterocycles. The van der Waals surface area contributed by atoms with Gasteiger partial charge in [-0.05, 0) is 19.8 Å². The fourth-order valence-corrected chi connectivity index (χ4v) is 2.72. The van der Waals surface area contributed by atoms with E-state index in [-0.39, 0.29) is 32.5 Å². The van der Waals surface area contributed by atoms with E-state index in [0.29, 0.717) is 4.31 Å². The van der Waals surface area contributed by atoms with E-state index in [2.05, 4.69) is 0 Å². The number of halogens is 3. The molecule has 9 heteroatoms. The molecule has 0 N–H and O–H groups in total. The number of carbonyl (C=O) groups excluding carboxylic acids is 1. The van der Waals surface area contributed by atoms with Crippen molar-refractivity contribution in [2.45, 2.75) is 25.3 Å². The third kappa shape index (κ3) is 3.14. The second-order valence-corrected chi connectivity index (χ2v) is 5.81. The minimum absolute atomic E-state index is 0.0497. The Morgan fingerprint density at radius 1 is 1.33 bits per heavy atom. The fraction of sp³-hybridized carbons (Fsp3) is 0.889. The smallest absolute Gasteiger partial charge is 0.466 e. The Balaban J connectivity index is 2.63. The van der Waals surface area contributed by atoms with Gasteiger partial charge in [-0.15, -0.1) is 0 Å². The van der Waals surface area contributed by atoms with Gasteiger partial charge in [-0.1, -0.05) is 0 Å². The van der Waals surface area contributed by atoms with E-state index in [1.807, 2.05) is 0 Å². The molecule has 1 rings (SSSR count). The molecule has 0 radical (unpaired) electrons. The first-order valence-corrected chi connectivity index (χ1v) is 6.87. The van der Waals surface area contributed by atoms with Crippen molar-refractivity contribution in [3.8, 4) is 0 Å². The Morgan fingerprint density at radius 2 is 1.83 bits per heavy atom. The minimum Gasteiger partial charge on any atom is -0.466 e. The van der Waals surface area contributed by atoms with Gasteiger partial charge in [-0.3, -0.25) is 4.79 Å². The maximum absolute atomic E-state index is 12.3. The Bertz CT molecular complexity index is 399. The molecule has 1 aliphatic rings. The lowest BCUT2D eigenvalue weighted by Gasteiger charge is -2.30. The van der Waals surface area contributed by atoms with Crippen LogP contribution in [0.4, 0.5) is 13.2 Å². The van der Waals surface area contributed by atoms with Gasteiger partial charge in [0.25, 0.3) is 0 Å². The summed E-state index contributed by atoms with van der Waals surface area (Å²) in [5.41, 5.74) is -5.29. The second kappa shape index (κ2) is 5.43.